The lowest BCUT2D eigenvalue weighted by atomic mass is 10.4. The molecule has 0 aliphatic rings. The average Bonchev–Trinajstić information content (AvgIpc) is 1.91. The van der Waals surface area contributed by atoms with Gasteiger partial charge >= 0.3 is 7.69 Å². The second-order valence-electron chi connectivity index (χ2n) is 1.80. The molecule has 0 aromatic heterocycles. The summed E-state index contributed by atoms with van der Waals surface area (Å²) in [5.41, 5.74) is 0. The molecular formula is C6H11BO2Si. The van der Waals surface area contributed by atoms with Crippen LogP contribution in [0, 0.1) is 0 Å². The Morgan fingerprint density at radius 1 is 1.10 bits per heavy atom. The Balaban J connectivity index is 0.000000236. The summed E-state index contributed by atoms with van der Waals surface area (Å²) >= 11 is 0. The lowest BCUT2D eigenvalue weighted by Crippen LogP contribution is -1.97. The minimum Gasteiger partial charge on any atom is -0.430 e. The lowest BCUT2D eigenvalue weighted by molar-refractivity contribution is 0.448. The van der Waals surface area contributed by atoms with Crippen LogP contribution in [0.15, 0.2) is 30.3 Å². The van der Waals surface area contributed by atoms with Crippen molar-refractivity contribution in [2.45, 2.75) is 0 Å². The minimum atomic E-state index is -0.750. The average molecular weight is 154 g/mol. The van der Waals surface area contributed by atoms with E-state index in [-0.39, 0.29) is 0 Å². The van der Waals surface area contributed by atoms with Crippen LogP contribution in [-0.4, -0.2) is 28.0 Å². The summed E-state index contributed by atoms with van der Waals surface area (Å²) in [7, 11) is 0.424. The molecule has 0 saturated heterocycles. The molecule has 0 heterocycles. The quantitative estimate of drug-likeness (QED) is 0.421. The van der Waals surface area contributed by atoms with E-state index in [0.717, 1.165) is 0 Å². The van der Waals surface area contributed by atoms with Gasteiger partial charge in [-0.1, -0.05) is 35.5 Å². The highest BCUT2D eigenvalue weighted by Gasteiger charge is 1.72. The fraction of sp³-hybridized carbons (Fsp3) is 0. The molecule has 10 heavy (non-hydrogen) atoms. The number of hydrogen-bond donors (Lipinski definition) is 2. The molecule has 54 valence electrons. The zero-order valence-corrected chi connectivity index (χ0v) is 7.99. The van der Waals surface area contributed by atoms with E-state index in [0.29, 0.717) is 0 Å². The summed E-state index contributed by atoms with van der Waals surface area (Å²) in [6.45, 7) is 0. The predicted octanol–water partition coefficient (Wildman–Crippen LogP) is -2.09. The van der Waals surface area contributed by atoms with Gasteiger partial charge in [-0.2, -0.15) is 0 Å². The monoisotopic (exact) mass is 154 g/mol. The van der Waals surface area contributed by atoms with Gasteiger partial charge in [0.1, 0.15) is 0 Å². The topological polar surface area (TPSA) is 40.5 Å². The maximum atomic E-state index is 7.12. The summed E-state index contributed by atoms with van der Waals surface area (Å²) in [6.07, 6.45) is 0. The fourth-order valence-corrected chi connectivity index (χ4v) is 0.919. The van der Waals surface area contributed by atoms with Crippen molar-refractivity contribution in [3.05, 3.63) is 30.3 Å². The molecule has 0 aliphatic carbocycles. The maximum Gasteiger partial charge on any atom is 0.432 e. The SMILES string of the molecule is OBO.[SiH3]c1ccccc1. The van der Waals surface area contributed by atoms with Crippen LogP contribution in [-0.2, 0) is 0 Å². The minimum absolute atomic E-state index is 0.750. The summed E-state index contributed by atoms with van der Waals surface area (Å²) in [5, 5.41) is 15.7. The lowest BCUT2D eigenvalue weighted by Gasteiger charge is -1.82. The molecule has 1 aromatic carbocycles. The van der Waals surface area contributed by atoms with Crippen LogP contribution in [0.4, 0.5) is 0 Å². The molecule has 0 spiro atoms. The Hall–Kier alpha value is -0.578. The molecule has 2 N–H and O–H groups in total. The molecule has 1 aromatic rings. The third-order valence-corrected chi connectivity index (χ3v) is 1.61. The van der Waals surface area contributed by atoms with Gasteiger partial charge in [0, 0.05) is 10.2 Å². The van der Waals surface area contributed by atoms with Gasteiger partial charge in [0.05, 0.1) is 0 Å². The number of rotatable bonds is 0. The van der Waals surface area contributed by atoms with Crippen LogP contribution in [0.2, 0.25) is 0 Å². The first-order valence-electron chi connectivity index (χ1n) is 3.04. The van der Waals surface area contributed by atoms with E-state index in [2.05, 4.69) is 24.3 Å². The van der Waals surface area contributed by atoms with Crippen molar-refractivity contribution in [1.82, 2.24) is 0 Å². The third-order valence-electron chi connectivity index (χ3n) is 0.940. The molecule has 0 aliphatic heterocycles. The summed E-state index contributed by atoms with van der Waals surface area (Å²) in [6, 6.07) is 10.5. The van der Waals surface area contributed by atoms with Gasteiger partial charge in [0.2, 0.25) is 0 Å². The molecule has 0 amide bonds. The van der Waals surface area contributed by atoms with Gasteiger partial charge in [-0.05, 0) is 0 Å². The zero-order valence-electron chi connectivity index (χ0n) is 5.99. The Labute approximate surface area is 64.3 Å². The molecule has 0 fully saturated rings. The first-order chi connectivity index (χ1) is 4.81. The molecule has 2 nitrogen and oxygen atoms in total. The fourth-order valence-electron chi connectivity index (χ4n) is 0.534. The van der Waals surface area contributed by atoms with E-state index >= 15 is 0 Å². The van der Waals surface area contributed by atoms with Crippen LogP contribution >= 0.6 is 0 Å². The van der Waals surface area contributed by atoms with E-state index in [9.17, 15) is 0 Å². The normalized spacial score (nSPS) is 7.80. The van der Waals surface area contributed by atoms with Crippen LogP contribution in [0.3, 0.4) is 0 Å². The van der Waals surface area contributed by atoms with Gasteiger partial charge < -0.3 is 10.0 Å². The van der Waals surface area contributed by atoms with Crippen LogP contribution in [0.25, 0.3) is 0 Å². The van der Waals surface area contributed by atoms with Crippen LogP contribution in [0.1, 0.15) is 0 Å². The first kappa shape index (κ1) is 9.42. The molecular weight excluding hydrogens is 143 g/mol. The molecule has 0 bridgehead atoms. The smallest absolute Gasteiger partial charge is 0.430 e. The first-order valence-corrected chi connectivity index (χ1v) is 4.04. The van der Waals surface area contributed by atoms with Gasteiger partial charge in [-0.25, -0.2) is 0 Å². The molecule has 0 atom stereocenters. The highest BCUT2D eigenvalue weighted by Crippen LogP contribution is 1.76. The standard InChI is InChI=1S/C6H8Si.BH3O2/c7-6-4-2-1-3-5-6;2-1-3/h1-5H,7H3;1-3H. The van der Waals surface area contributed by atoms with Crippen molar-refractivity contribution in [1.29, 1.82) is 0 Å². The Morgan fingerprint density at radius 3 is 1.70 bits per heavy atom. The van der Waals surface area contributed by atoms with Gasteiger partial charge in [-0.15, -0.1) is 0 Å². The zero-order chi connectivity index (χ0) is 7.82. The molecule has 0 unspecified atom stereocenters. The van der Waals surface area contributed by atoms with E-state index in [1.807, 2.05) is 6.07 Å². The second-order valence-corrected chi connectivity index (χ2v) is 2.95. The Morgan fingerprint density at radius 2 is 1.50 bits per heavy atom. The van der Waals surface area contributed by atoms with Crippen molar-refractivity contribution in [2.24, 2.45) is 0 Å². The third kappa shape index (κ3) is 5.56. The van der Waals surface area contributed by atoms with E-state index < -0.39 is 7.69 Å². The number of hydrogen-bond acceptors (Lipinski definition) is 2. The maximum absolute atomic E-state index is 7.12. The van der Waals surface area contributed by atoms with Gasteiger partial charge in [-0.3, -0.25) is 0 Å². The van der Waals surface area contributed by atoms with Crippen molar-refractivity contribution >= 4 is 23.1 Å². The van der Waals surface area contributed by atoms with Crippen LogP contribution in [0.5, 0.6) is 0 Å². The summed E-state index contributed by atoms with van der Waals surface area (Å²) < 4.78 is 0. The predicted molar refractivity (Wildman–Crippen MR) is 47.6 cm³/mol. The molecule has 0 saturated carbocycles. The van der Waals surface area contributed by atoms with E-state index in [1.54, 1.807) is 0 Å². The Kier molecular flexibility index (Phi) is 6.16. The highest BCUT2D eigenvalue weighted by atomic mass is 28.1. The summed E-state index contributed by atoms with van der Waals surface area (Å²) in [5.74, 6) is 0. The highest BCUT2D eigenvalue weighted by molar-refractivity contribution is 6.32. The van der Waals surface area contributed by atoms with E-state index in [1.165, 1.54) is 15.4 Å². The van der Waals surface area contributed by atoms with Crippen LogP contribution < -0.4 is 5.19 Å². The molecule has 1 rings (SSSR count). The van der Waals surface area contributed by atoms with Gasteiger partial charge in [0.25, 0.3) is 0 Å². The largest absolute Gasteiger partial charge is 0.432 e. The molecule has 4 heteroatoms. The second kappa shape index (κ2) is 6.54. The molecule has 0 radical (unpaired) electrons. The number of benzene rings is 1. The summed E-state index contributed by atoms with van der Waals surface area (Å²) in [4.78, 5) is 0. The van der Waals surface area contributed by atoms with Crippen molar-refractivity contribution < 1.29 is 10.0 Å². The van der Waals surface area contributed by atoms with Crippen molar-refractivity contribution in [3.63, 3.8) is 0 Å². The van der Waals surface area contributed by atoms with Gasteiger partial charge in [0.15, 0.2) is 0 Å². The van der Waals surface area contributed by atoms with Crippen molar-refractivity contribution in [3.8, 4) is 0 Å². The Bertz CT molecular complexity index is 157. The van der Waals surface area contributed by atoms with E-state index in [4.69, 9.17) is 10.0 Å². The van der Waals surface area contributed by atoms with Crippen molar-refractivity contribution in [2.75, 3.05) is 0 Å².